The summed E-state index contributed by atoms with van der Waals surface area (Å²) >= 11 is 0. The maximum Gasteiger partial charge on any atom is 0.220 e. The zero-order valence-corrected chi connectivity index (χ0v) is 49.9. The summed E-state index contributed by atoms with van der Waals surface area (Å²) in [5.41, 5.74) is 0. The van der Waals surface area contributed by atoms with Crippen molar-refractivity contribution in [1.82, 2.24) is 5.32 Å². The first-order valence-electron chi connectivity index (χ1n) is 32.4. The number of nitrogens with one attached hydrogen (secondary N) is 1. The Morgan fingerprint density at radius 3 is 1.30 bits per heavy atom. The van der Waals surface area contributed by atoms with Gasteiger partial charge in [0, 0.05) is 6.42 Å². The Labute approximate surface area is 480 Å². The number of unbranched alkanes of at least 4 members (excludes halogenated alkanes) is 33. The number of hydrogen-bond donors (Lipinski definition) is 9. The van der Waals surface area contributed by atoms with Crippen LogP contribution in [0.3, 0.4) is 0 Å². The number of amides is 1. The molecule has 2 fully saturated rings. The lowest BCUT2D eigenvalue weighted by Crippen LogP contribution is -2.65. The van der Waals surface area contributed by atoms with Crippen molar-refractivity contribution in [3.05, 3.63) is 48.6 Å². The molecule has 14 nitrogen and oxygen atoms in total. The number of aliphatic hydroxyl groups excluding tert-OH is 8. The number of ether oxygens (including phenoxy) is 4. The summed E-state index contributed by atoms with van der Waals surface area (Å²) < 4.78 is 22.8. The zero-order valence-electron chi connectivity index (χ0n) is 49.9. The second kappa shape index (κ2) is 50.5. The molecule has 462 valence electrons. The average Bonchev–Trinajstić information content (AvgIpc) is 3.47. The summed E-state index contributed by atoms with van der Waals surface area (Å²) in [4.78, 5) is 13.3. The highest BCUT2D eigenvalue weighted by molar-refractivity contribution is 5.76. The monoisotopic (exact) mass is 1120 g/mol. The summed E-state index contributed by atoms with van der Waals surface area (Å²) in [5.74, 6) is -0.250. The van der Waals surface area contributed by atoms with Gasteiger partial charge in [-0.2, -0.15) is 0 Å². The van der Waals surface area contributed by atoms with Gasteiger partial charge in [0.2, 0.25) is 5.91 Å². The topological polar surface area (TPSA) is 228 Å². The maximum absolute atomic E-state index is 13.3. The van der Waals surface area contributed by atoms with Crippen molar-refractivity contribution in [3.63, 3.8) is 0 Å². The standard InChI is InChI=1S/C65H119NO13/c1-3-5-7-9-11-13-15-17-19-21-23-24-25-26-27-28-29-31-32-34-36-38-40-42-44-46-48-54(69)53(66-57(70)49-47-45-43-41-39-37-35-33-30-22-20-18-16-14-12-10-8-6-4-2)52-76-64-62(75)60(73)63(56(51-68)78-64)79-65-61(74)59(72)58(71)55(50-67)77-65/h12,14,18,20,30,33,46,48,53-56,58-65,67-69,71-75H,3-11,13,15-17,19,21-29,31-32,34-45,47,49-52H2,1-2H3,(H,66,70)/b14-12-,20-18-,33-30-,48-46+. The van der Waals surface area contributed by atoms with E-state index in [9.17, 15) is 45.6 Å². The summed E-state index contributed by atoms with van der Waals surface area (Å²) in [6, 6.07) is -0.924. The molecule has 0 spiro atoms. The molecule has 0 bridgehead atoms. The molecule has 2 rings (SSSR count). The minimum Gasteiger partial charge on any atom is -0.394 e. The van der Waals surface area contributed by atoms with Crippen molar-refractivity contribution in [1.29, 1.82) is 0 Å². The van der Waals surface area contributed by atoms with Crippen molar-refractivity contribution in [2.75, 3.05) is 19.8 Å². The lowest BCUT2D eigenvalue weighted by Gasteiger charge is -2.46. The van der Waals surface area contributed by atoms with Crippen LogP contribution >= 0.6 is 0 Å². The molecule has 0 aliphatic carbocycles. The molecule has 12 unspecified atom stereocenters. The van der Waals surface area contributed by atoms with Gasteiger partial charge in [-0.25, -0.2) is 0 Å². The summed E-state index contributed by atoms with van der Waals surface area (Å²) in [7, 11) is 0. The van der Waals surface area contributed by atoms with Gasteiger partial charge in [0.25, 0.3) is 0 Å². The first-order chi connectivity index (χ1) is 38.6. The molecule has 0 saturated carbocycles. The van der Waals surface area contributed by atoms with Gasteiger partial charge in [0.1, 0.15) is 48.8 Å². The van der Waals surface area contributed by atoms with E-state index in [4.69, 9.17) is 18.9 Å². The van der Waals surface area contributed by atoms with Gasteiger partial charge in [0.15, 0.2) is 12.6 Å². The van der Waals surface area contributed by atoms with Gasteiger partial charge in [0.05, 0.1) is 32.0 Å². The molecule has 2 aliphatic heterocycles. The summed E-state index contributed by atoms with van der Waals surface area (Å²) in [6.45, 7) is 2.79. The van der Waals surface area contributed by atoms with Crippen LogP contribution in [0.5, 0.6) is 0 Å². The highest BCUT2D eigenvalue weighted by atomic mass is 16.7. The Morgan fingerprint density at radius 2 is 0.835 bits per heavy atom. The zero-order chi connectivity index (χ0) is 57.4. The van der Waals surface area contributed by atoms with Gasteiger partial charge < -0.3 is 65.1 Å². The number of aliphatic hydroxyl groups is 8. The third-order valence-electron chi connectivity index (χ3n) is 15.8. The molecule has 0 aromatic rings. The van der Waals surface area contributed by atoms with Crippen molar-refractivity contribution in [3.8, 4) is 0 Å². The summed E-state index contributed by atoms with van der Waals surface area (Å²) in [5, 5.41) is 87.3. The second-order valence-corrected chi connectivity index (χ2v) is 22.9. The smallest absolute Gasteiger partial charge is 0.220 e. The third-order valence-corrected chi connectivity index (χ3v) is 15.8. The van der Waals surface area contributed by atoms with Crippen LogP contribution in [-0.4, -0.2) is 140 Å². The molecule has 2 heterocycles. The number of hydrogen-bond acceptors (Lipinski definition) is 13. The highest BCUT2D eigenvalue weighted by Crippen LogP contribution is 2.30. The van der Waals surface area contributed by atoms with E-state index >= 15 is 0 Å². The predicted molar refractivity (Wildman–Crippen MR) is 318 cm³/mol. The Bertz CT molecular complexity index is 1510. The fourth-order valence-corrected chi connectivity index (χ4v) is 10.5. The number of rotatable bonds is 52. The van der Waals surface area contributed by atoms with Crippen LogP contribution in [-0.2, 0) is 23.7 Å². The van der Waals surface area contributed by atoms with Gasteiger partial charge in [-0.15, -0.1) is 0 Å². The Hall–Kier alpha value is -2.05. The quantitative estimate of drug-likeness (QED) is 0.0204. The van der Waals surface area contributed by atoms with Gasteiger partial charge >= 0.3 is 0 Å². The molecule has 2 saturated heterocycles. The molecule has 0 aromatic heterocycles. The first kappa shape index (κ1) is 73.1. The minimum absolute atomic E-state index is 0.250. The number of allylic oxidation sites excluding steroid dienone is 7. The van der Waals surface area contributed by atoms with E-state index in [0.29, 0.717) is 6.42 Å². The predicted octanol–water partition coefficient (Wildman–Crippen LogP) is 12.0. The molecule has 12 atom stereocenters. The Morgan fingerprint density at radius 1 is 0.456 bits per heavy atom. The van der Waals surface area contributed by atoms with Crippen molar-refractivity contribution >= 4 is 5.91 Å². The van der Waals surface area contributed by atoms with Crippen LogP contribution in [0, 0.1) is 0 Å². The molecular formula is C65H119NO13. The normalized spacial score (nSPS) is 24.7. The van der Waals surface area contributed by atoms with Crippen molar-refractivity contribution < 1.29 is 64.6 Å². The van der Waals surface area contributed by atoms with Gasteiger partial charge in [-0.3, -0.25) is 4.79 Å². The van der Waals surface area contributed by atoms with E-state index in [2.05, 4.69) is 55.6 Å². The third kappa shape index (κ3) is 35.6. The van der Waals surface area contributed by atoms with Crippen LogP contribution in [0.25, 0.3) is 0 Å². The SMILES string of the molecule is CCCCC/C=C\C/C=C\C/C=C\CCCCCCCCC(=O)NC(COC1OC(CO)C(OC2OC(CO)C(O)C(O)C2O)C(O)C1O)C(O)/C=C/CCCCCCCCCCCCCCCCCCCCCCCCCC. The molecule has 14 heteroatoms. The molecular weight excluding hydrogens is 1000 g/mol. The maximum atomic E-state index is 13.3. The van der Waals surface area contributed by atoms with Gasteiger partial charge in [-0.1, -0.05) is 249 Å². The molecule has 79 heavy (non-hydrogen) atoms. The van der Waals surface area contributed by atoms with Gasteiger partial charge in [-0.05, 0) is 57.8 Å². The molecule has 0 radical (unpaired) electrons. The molecule has 2 aliphatic rings. The van der Waals surface area contributed by atoms with Crippen LogP contribution in [0.15, 0.2) is 48.6 Å². The van der Waals surface area contributed by atoms with Crippen LogP contribution in [0.2, 0.25) is 0 Å². The fraction of sp³-hybridized carbons (Fsp3) is 0.862. The molecule has 0 aromatic carbocycles. The second-order valence-electron chi connectivity index (χ2n) is 22.9. The first-order valence-corrected chi connectivity index (χ1v) is 32.4. The van der Waals surface area contributed by atoms with Crippen LogP contribution in [0.4, 0.5) is 0 Å². The van der Waals surface area contributed by atoms with E-state index in [-0.39, 0.29) is 18.9 Å². The van der Waals surface area contributed by atoms with Crippen molar-refractivity contribution in [2.45, 2.75) is 338 Å². The van der Waals surface area contributed by atoms with E-state index in [0.717, 1.165) is 70.6 Å². The highest BCUT2D eigenvalue weighted by Gasteiger charge is 2.51. The number of carbonyl (C=O) groups is 1. The number of carbonyl (C=O) groups excluding carboxylic acids is 1. The van der Waals surface area contributed by atoms with Crippen LogP contribution in [0.1, 0.15) is 264 Å². The van der Waals surface area contributed by atoms with Crippen LogP contribution < -0.4 is 5.32 Å². The lowest BCUT2D eigenvalue weighted by atomic mass is 9.97. The largest absolute Gasteiger partial charge is 0.394 e. The molecule has 1 amide bonds. The van der Waals surface area contributed by atoms with Crippen molar-refractivity contribution in [2.24, 2.45) is 0 Å². The van der Waals surface area contributed by atoms with E-state index in [1.54, 1.807) is 6.08 Å². The summed E-state index contributed by atoms with van der Waals surface area (Å²) in [6.07, 6.45) is 47.2. The lowest BCUT2D eigenvalue weighted by molar-refractivity contribution is -0.359. The fourth-order valence-electron chi connectivity index (χ4n) is 10.5. The van der Waals surface area contributed by atoms with E-state index in [1.165, 1.54) is 167 Å². The Balaban J connectivity index is 1.73. The molecule has 9 N–H and O–H groups in total. The van der Waals surface area contributed by atoms with E-state index < -0.39 is 86.8 Å². The van der Waals surface area contributed by atoms with E-state index in [1.807, 2.05) is 6.08 Å². The average molecular weight is 1120 g/mol. The minimum atomic E-state index is -1.79. The Kier molecular flexibility index (Phi) is 46.7.